The molecule has 0 bridgehead atoms. The first-order chi connectivity index (χ1) is 9.27. The maximum Gasteiger partial charge on any atom is 0.191 e. The van der Waals surface area contributed by atoms with Crippen LogP contribution in [0.15, 0.2) is 29.4 Å². The predicted molar refractivity (Wildman–Crippen MR) is 73.9 cm³/mol. The Bertz CT molecular complexity index is 603. The molecule has 0 unspecified atom stereocenters. The van der Waals surface area contributed by atoms with Gasteiger partial charge in [0.1, 0.15) is 5.75 Å². The first-order valence-electron chi connectivity index (χ1n) is 5.80. The van der Waals surface area contributed by atoms with Gasteiger partial charge in [-0.25, -0.2) is 0 Å². The Morgan fingerprint density at radius 3 is 2.89 bits per heavy atom. The molecule has 0 radical (unpaired) electrons. The summed E-state index contributed by atoms with van der Waals surface area (Å²) in [7, 11) is 3.55. The van der Waals surface area contributed by atoms with E-state index in [-0.39, 0.29) is 0 Å². The lowest BCUT2D eigenvalue weighted by atomic mass is 10.2. The molecule has 0 aliphatic heterocycles. The maximum atomic E-state index is 8.54. The summed E-state index contributed by atoms with van der Waals surface area (Å²) in [5, 5.41) is 17.7. The molecule has 1 heterocycles. The summed E-state index contributed by atoms with van der Waals surface area (Å²) < 4.78 is 7.25. The molecule has 0 fully saturated rings. The lowest BCUT2D eigenvalue weighted by molar-refractivity contribution is 0.416. The standard InChI is InChI=1S/C13H14N4OS/c1-17-12(10-6-3-4-7-11(10)18-2)15-16-13(17)19-9-5-8-14/h3-4,6-7H,5,9H2,1-2H3. The largest absolute Gasteiger partial charge is 0.496 e. The minimum atomic E-state index is 0.502. The fraction of sp³-hybridized carbons (Fsp3) is 0.308. The minimum Gasteiger partial charge on any atom is -0.496 e. The van der Waals surface area contributed by atoms with Crippen LogP contribution in [0.3, 0.4) is 0 Å². The van der Waals surface area contributed by atoms with Crippen molar-refractivity contribution in [3.05, 3.63) is 24.3 Å². The van der Waals surface area contributed by atoms with E-state index in [1.165, 1.54) is 11.8 Å². The summed E-state index contributed by atoms with van der Waals surface area (Å²) in [6.07, 6.45) is 0.502. The Morgan fingerprint density at radius 2 is 2.16 bits per heavy atom. The van der Waals surface area contributed by atoms with Crippen LogP contribution >= 0.6 is 11.8 Å². The number of aromatic nitrogens is 3. The molecule has 19 heavy (non-hydrogen) atoms. The fourth-order valence-electron chi connectivity index (χ4n) is 1.69. The molecule has 98 valence electrons. The molecule has 0 saturated heterocycles. The normalized spacial score (nSPS) is 10.2. The lowest BCUT2D eigenvalue weighted by Crippen LogP contribution is -1.97. The number of para-hydroxylation sites is 1. The van der Waals surface area contributed by atoms with Crippen molar-refractivity contribution in [2.75, 3.05) is 12.9 Å². The van der Waals surface area contributed by atoms with E-state index in [0.29, 0.717) is 12.2 Å². The van der Waals surface area contributed by atoms with Crippen molar-refractivity contribution < 1.29 is 4.74 Å². The zero-order valence-electron chi connectivity index (χ0n) is 10.8. The van der Waals surface area contributed by atoms with Crippen LogP contribution in [0.2, 0.25) is 0 Å². The molecule has 0 atom stereocenters. The molecule has 1 aromatic carbocycles. The molecule has 0 saturated carbocycles. The maximum absolute atomic E-state index is 8.54. The third-order valence-corrected chi connectivity index (χ3v) is 3.65. The highest BCUT2D eigenvalue weighted by molar-refractivity contribution is 7.99. The molecule has 6 heteroatoms. The molecular weight excluding hydrogens is 260 g/mol. The van der Waals surface area contributed by atoms with E-state index in [1.54, 1.807) is 7.11 Å². The predicted octanol–water partition coefficient (Wildman–Crippen LogP) is 2.50. The van der Waals surface area contributed by atoms with E-state index in [1.807, 2.05) is 35.9 Å². The van der Waals surface area contributed by atoms with Gasteiger partial charge in [-0.15, -0.1) is 10.2 Å². The van der Waals surface area contributed by atoms with E-state index >= 15 is 0 Å². The molecule has 0 aliphatic rings. The number of hydrogen-bond donors (Lipinski definition) is 0. The van der Waals surface area contributed by atoms with Crippen molar-refractivity contribution in [2.45, 2.75) is 11.6 Å². The minimum absolute atomic E-state index is 0.502. The summed E-state index contributed by atoms with van der Waals surface area (Å²) in [5.74, 6) is 2.25. The average Bonchev–Trinajstić information content (AvgIpc) is 2.80. The third-order valence-electron chi connectivity index (χ3n) is 2.63. The van der Waals surface area contributed by atoms with Crippen molar-refractivity contribution in [1.29, 1.82) is 5.26 Å². The van der Waals surface area contributed by atoms with Crippen molar-refractivity contribution in [1.82, 2.24) is 14.8 Å². The van der Waals surface area contributed by atoms with Crippen molar-refractivity contribution in [3.63, 3.8) is 0 Å². The lowest BCUT2D eigenvalue weighted by Gasteiger charge is -2.07. The van der Waals surface area contributed by atoms with E-state index in [9.17, 15) is 0 Å². The summed E-state index contributed by atoms with van der Waals surface area (Å²) in [6.45, 7) is 0. The van der Waals surface area contributed by atoms with Gasteiger partial charge in [0, 0.05) is 19.2 Å². The van der Waals surface area contributed by atoms with E-state index in [2.05, 4.69) is 16.3 Å². The van der Waals surface area contributed by atoms with Crippen LogP contribution in [0.4, 0.5) is 0 Å². The number of hydrogen-bond acceptors (Lipinski definition) is 5. The van der Waals surface area contributed by atoms with Gasteiger partial charge < -0.3 is 9.30 Å². The molecule has 0 spiro atoms. The van der Waals surface area contributed by atoms with Crippen molar-refractivity contribution in [3.8, 4) is 23.2 Å². The average molecular weight is 274 g/mol. The van der Waals surface area contributed by atoms with Crippen LogP contribution < -0.4 is 4.74 Å². The monoisotopic (exact) mass is 274 g/mol. The topological polar surface area (TPSA) is 63.7 Å². The van der Waals surface area contributed by atoms with Gasteiger partial charge in [0.05, 0.1) is 18.7 Å². The number of rotatable bonds is 5. The second-order valence-electron chi connectivity index (χ2n) is 3.82. The fourth-order valence-corrected chi connectivity index (χ4v) is 2.45. The number of ether oxygens (including phenoxy) is 1. The third kappa shape index (κ3) is 2.88. The van der Waals surface area contributed by atoms with Gasteiger partial charge >= 0.3 is 0 Å². The van der Waals surface area contributed by atoms with Crippen LogP contribution in [0.5, 0.6) is 5.75 Å². The number of benzene rings is 1. The number of thioether (sulfide) groups is 1. The Kier molecular flexibility index (Phi) is 4.42. The molecule has 0 amide bonds. The molecule has 5 nitrogen and oxygen atoms in total. The van der Waals surface area contributed by atoms with Crippen LogP contribution in [-0.2, 0) is 7.05 Å². The van der Waals surface area contributed by atoms with Gasteiger partial charge in [-0.05, 0) is 12.1 Å². The highest BCUT2D eigenvalue weighted by Gasteiger charge is 2.14. The Hall–Kier alpha value is -2.00. The second-order valence-corrected chi connectivity index (χ2v) is 4.88. The van der Waals surface area contributed by atoms with E-state index in [0.717, 1.165) is 22.3 Å². The summed E-state index contributed by atoms with van der Waals surface area (Å²) in [6, 6.07) is 9.82. The molecule has 0 N–H and O–H groups in total. The molecule has 2 aromatic rings. The van der Waals surface area contributed by atoms with Crippen LogP contribution in [0.25, 0.3) is 11.4 Å². The highest BCUT2D eigenvalue weighted by atomic mass is 32.2. The quantitative estimate of drug-likeness (QED) is 0.619. The van der Waals surface area contributed by atoms with Crippen LogP contribution in [-0.4, -0.2) is 27.6 Å². The van der Waals surface area contributed by atoms with Crippen LogP contribution in [0, 0.1) is 11.3 Å². The Morgan fingerprint density at radius 1 is 1.37 bits per heavy atom. The molecule has 2 rings (SSSR count). The number of methoxy groups -OCH3 is 1. The number of nitriles is 1. The Balaban J connectivity index is 2.29. The number of nitrogens with zero attached hydrogens (tertiary/aromatic N) is 4. The SMILES string of the molecule is COc1ccccc1-c1nnc(SCCC#N)n1C. The highest BCUT2D eigenvalue weighted by Crippen LogP contribution is 2.29. The first-order valence-corrected chi connectivity index (χ1v) is 6.79. The van der Waals surface area contributed by atoms with Gasteiger partial charge in [0.2, 0.25) is 0 Å². The molecule has 0 aliphatic carbocycles. The van der Waals surface area contributed by atoms with Crippen LogP contribution in [0.1, 0.15) is 6.42 Å². The van der Waals surface area contributed by atoms with Crippen molar-refractivity contribution in [2.24, 2.45) is 7.05 Å². The zero-order valence-corrected chi connectivity index (χ0v) is 11.6. The second kappa shape index (κ2) is 6.25. The van der Waals surface area contributed by atoms with Crippen molar-refractivity contribution >= 4 is 11.8 Å². The van der Waals surface area contributed by atoms with E-state index in [4.69, 9.17) is 10.00 Å². The van der Waals surface area contributed by atoms with Gasteiger partial charge in [0.25, 0.3) is 0 Å². The Labute approximate surface area is 116 Å². The summed E-state index contributed by atoms with van der Waals surface area (Å²) >= 11 is 1.53. The first kappa shape index (κ1) is 13.4. The molecular formula is C13H14N4OS. The summed E-state index contributed by atoms with van der Waals surface area (Å²) in [5.41, 5.74) is 0.909. The van der Waals surface area contributed by atoms with Gasteiger partial charge in [-0.1, -0.05) is 23.9 Å². The van der Waals surface area contributed by atoms with Gasteiger partial charge in [-0.3, -0.25) is 0 Å². The van der Waals surface area contributed by atoms with Gasteiger partial charge in [0.15, 0.2) is 11.0 Å². The summed E-state index contributed by atoms with van der Waals surface area (Å²) in [4.78, 5) is 0. The van der Waals surface area contributed by atoms with Gasteiger partial charge in [-0.2, -0.15) is 5.26 Å². The zero-order chi connectivity index (χ0) is 13.7. The molecule has 1 aromatic heterocycles. The van der Waals surface area contributed by atoms with E-state index < -0.39 is 0 Å². The smallest absolute Gasteiger partial charge is 0.191 e.